The van der Waals surface area contributed by atoms with E-state index >= 15 is 0 Å². The third kappa shape index (κ3) is 3.62. The van der Waals surface area contributed by atoms with Crippen LogP contribution in [0.25, 0.3) is 0 Å². The molecule has 0 aliphatic rings. The average Bonchev–Trinajstić information content (AvgIpc) is 2.24. The number of rotatable bonds is 9. The van der Waals surface area contributed by atoms with E-state index in [1.165, 1.54) is 0 Å². The first-order chi connectivity index (χ1) is 7.55. The summed E-state index contributed by atoms with van der Waals surface area (Å²) in [7, 11) is 0. The van der Waals surface area contributed by atoms with Crippen LogP contribution < -0.4 is 0 Å². The Morgan fingerprint density at radius 2 is 1.50 bits per heavy atom. The van der Waals surface area contributed by atoms with Gasteiger partial charge < -0.3 is 5.11 Å². The lowest BCUT2D eigenvalue weighted by Gasteiger charge is -2.27. The highest BCUT2D eigenvalue weighted by Crippen LogP contribution is 2.33. The Labute approximate surface area is 98.2 Å². The van der Waals surface area contributed by atoms with Crippen molar-refractivity contribution in [3.8, 4) is 0 Å². The number of ketones is 1. The molecular weight excluding hydrogens is 204 g/mol. The number of unbranched alkanes of at least 4 members (excludes halogenated alkanes) is 1. The molecule has 0 aromatic heterocycles. The number of aliphatic carboxylic acids is 1. The Balaban J connectivity index is 4.85. The normalized spacial score (nSPS) is 11.4. The van der Waals surface area contributed by atoms with Gasteiger partial charge in [0.2, 0.25) is 0 Å². The molecule has 0 amide bonds. The quantitative estimate of drug-likeness (QED) is 0.615. The molecule has 0 rings (SSSR count). The van der Waals surface area contributed by atoms with Gasteiger partial charge in [-0.3, -0.25) is 9.59 Å². The molecule has 16 heavy (non-hydrogen) atoms. The summed E-state index contributed by atoms with van der Waals surface area (Å²) in [6.45, 7) is 5.87. The Kier molecular flexibility index (Phi) is 7.02. The number of carboxylic acids is 1. The molecule has 0 bridgehead atoms. The van der Waals surface area contributed by atoms with Crippen LogP contribution in [0.2, 0.25) is 0 Å². The first-order valence-electron chi connectivity index (χ1n) is 6.31. The van der Waals surface area contributed by atoms with Gasteiger partial charge in [0, 0.05) is 6.42 Å². The van der Waals surface area contributed by atoms with Crippen molar-refractivity contribution in [2.45, 2.75) is 65.7 Å². The van der Waals surface area contributed by atoms with E-state index in [-0.39, 0.29) is 5.78 Å². The fourth-order valence-corrected chi connectivity index (χ4v) is 2.17. The Morgan fingerprint density at radius 1 is 1.00 bits per heavy atom. The number of carbonyl (C=O) groups excluding carboxylic acids is 1. The fourth-order valence-electron chi connectivity index (χ4n) is 2.17. The second kappa shape index (κ2) is 7.42. The van der Waals surface area contributed by atoms with E-state index < -0.39 is 11.4 Å². The molecule has 1 N–H and O–H groups in total. The minimum Gasteiger partial charge on any atom is -0.480 e. The zero-order valence-electron chi connectivity index (χ0n) is 10.7. The van der Waals surface area contributed by atoms with Gasteiger partial charge in [-0.1, -0.05) is 40.0 Å². The van der Waals surface area contributed by atoms with Crippen LogP contribution in [-0.2, 0) is 9.59 Å². The van der Waals surface area contributed by atoms with Crippen LogP contribution in [0.15, 0.2) is 0 Å². The fraction of sp³-hybridized carbons (Fsp3) is 0.846. The summed E-state index contributed by atoms with van der Waals surface area (Å²) in [5.41, 5.74) is -1.11. The number of hydrogen-bond donors (Lipinski definition) is 1. The van der Waals surface area contributed by atoms with Gasteiger partial charge in [0.25, 0.3) is 0 Å². The van der Waals surface area contributed by atoms with E-state index in [0.29, 0.717) is 19.3 Å². The van der Waals surface area contributed by atoms with E-state index in [4.69, 9.17) is 0 Å². The smallest absolute Gasteiger partial charge is 0.317 e. The zero-order chi connectivity index (χ0) is 12.6. The summed E-state index contributed by atoms with van der Waals surface area (Å²) in [6, 6.07) is 0. The second-order valence-electron chi connectivity index (χ2n) is 4.41. The highest BCUT2D eigenvalue weighted by Gasteiger charge is 2.43. The molecule has 0 spiro atoms. The molecule has 0 fully saturated rings. The molecule has 0 aromatic carbocycles. The lowest BCUT2D eigenvalue weighted by Crippen LogP contribution is -2.39. The minimum atomic E-state index is -1.11. The van der Waals surface area contributed by atoms with Crippen LogP contribution in [0.4, 0.5) is 0 Å². The molecule has 0 heterocycles. The largest absolute Gasteiger partial charge is 0.480 e. The van der Waals surface area contributed by atoms with Crippen molar-refractivity contribution in [3.05, 3.63) is 0 Å². The molecule has 94 valence electrons. The Hall–Kier alpha value is -0.860. The summed E-state index contributed by atoms with van der Waals surface area (Å²) >= 11 is 0. The first-order valence-corrected chi connectivity index (χ1v) is 6.31. The zero-order valence-corrected chi connectivity index (χ0v) is 10.7. The summed E-state index contributed by atoms with van der Waals surface area (Å²) < 4.78 is 0. The molecule has 0 aliphatic carbocycles. The Morgan fingerprint density at radius 3 is 1.81 bits per heavy atom. The molecule has 3 heteroatoms. The van der Waals surface area contributed by atoms with E-state index in [0.717, 1.165) is 25.7 Å². The van der Waals surface area contributed by atoms with Gasteiger partial charge in [0.1, 0.15) is 11.2 Å². The minimum absolute atomic E-state index is 0.0782. The average molecular weight is 228 g/mol. The predicted octanol–water partition coefficient (Wildman–Crippen LogP) is 3.42. The standard InChI is InChI=1S/C13H24O3/c1-4-7-8-11(14)13(9-5-2,10-6-3)12(15)16/h4-10H2,1-3H3,(H,15,16). The van der Waals surface area contributed by atoms with Crippen molar-refractivity contribution in [2.24, 2.45) is 5.41 Å². The monoisotopic (exact) mass is 228 g/mol. The van der Waals surface area contributed by atoms with Gasteiger partial charge in [0.05, 0.1) is 0 Å². The molecule has 0 aromatic rings. The highest BCUT2D eigenvalue weighted by molar-refractivity contribution is 6.03. The Bertz CT molecular complexity index is 227. The summed E-state index contributed by atoms with van der Waals surface area (Å²) in [5, 5.41) is 9.33. The van der Waals surface area contributed by atoms with Crippen molar-refractivity contribution in [3.63, 3.8) is 0 Å². The van der Waals surface area contributed by atoms with E-state index in [1.807, 2.05) is 20.8 Å². The maximum Gasteiger partial charge on any atom is 0.317 e. The third-order valence-electron chi connectivity index (χ3n) is 3.05. The molecule has 3 nitrogen and oxygen atoms in total. The van der Waals surface area contributed by atoms with Crippen LogP contribution in [0.1, 0.15) is 65.7 Å². The second-order valence-corrected chi connectivity index (χ2v) is 4.41. The van der Waals surface area contributed by atoms with Gasteiger partial charge in [-0.05, 0) is 19.3 Å². The van der Waals surface area contributed by atoms with Crippen molar-refractivity contribution in [2.75, 3.05) is 0 Å². The van der Waals surface area contributed by atoms with Crippen molar-refractivity contribution < 1.29 is 14.7 Å². The maximum absolute atomic E-state index is 12.1. The van der Waals surface area contributed by atoms with E-state index in [9.17, 15) is 14.7 Å². The van der Waals surface area contributed by atoms with Crippen LogP contribution in [0.3, 0.4) is 0 Å². The maximum atomic E-state index is 12.1. The number of carboxylic acid groups (broad SMARTS) is 1. The van der Waals surface area contributed by atoms with Gasteiger partial charge in [0.15, 0.2) is 0 Å². The topological polar surface area (TPSA) is 54.4 Å². The van der Waals surface area contributed by atoms with Gasteiger partial charge in [-0.15, -0.1) is 0 Å². The van der Waals surface area contributed by atoms with Crippen LogP contribution in [0, 0.1) is 5.41 Å². The molecule has 0 atom stereocenters. The number of Topliss-reactive ketones (excluding diaryl/α,β-unsaturated/α-hetero) is 1. The van der Waals surface area contributed by atoms with Gasteiger partial charge in [-0.2, -0.15) is 0 Å². The lowest BCUT2D eigenvalue weighted by molar-refractivity contribution is -0.156. The number of hydrogen-bond acceptors (Lipinski definition) is 2. The van der Waals surface area contributed by atoms with Crippen molar-refractivity contribution in [1.82, 2.24) is 0 Å². The summed E-state index contributed by atoms with van der Waals surface area (Å²) in [4.78, 5) is 23.4. The number of carbonyl (C=O) groups is 2. The molecule has 0 aliphatic heterocycles. The van der Waals surface area contributed by atoms with Crippen LogP contribution >= 0.6 is 0 Å². The predicted molar refractivity (Wildman–Crippen MR) is 64.4 cm³/mol. The lowest BCUT2D eigenvalue weighted by atomic mass is 9.74. The highest BCUT2D eigenvalue weighted by atomic mass is 16.4. The third-order valence-corrected chi connectivity index (χ3v) is 3.05. The van der Waals surface area contributed by atoms with Crippen LogP contribution in [-0.4, -0.2) is 16.9 Å². The molecule has 0 unspecified atom stereocenters. The molecule has 0 saturated heterocycles. The van der Waals surface area contributed by atoms with E-state index in [1.54, 1.807) is 0 Å². The van der Waals surface area contributed by atoms with E-state index in [2.05, 4.69) is 0 Å². The molecular formula is C13H24O3. The van der Waals surface area contributed by atoms with Crippen LogP contribution in [0.5, 0.6) is 0 Å². The van der Waals surface area contributed by atoms with Crippen molar-refractivity contribution >= 4 is 11.8 Å². The molecule has 0 radical (unpaired) electrons. The first kappa shape index (κ1) is 15.1. The summed E-state index contributed by atoms with van der Waals surface area (Å²) in [5.74, 6) is -1.01. The SMILES string of the molecule is CCCCC(=O)C(CCC)(CCC)C(=O)O. The molecule has 0 saturated carbocycles. The van der Waals surface area contributed by atoms with Gasteiger partial charge >= 0.3 is 5.97 Å². The van der Waals surface area contributed by atoms with Gasteiger partial charge in [-0.25, -0.2) is 0 Å². The van der Waals surface area contributed by atoms with Crippen molar-refractivity contribution in [1.29, 1.82) is 0 Å². The summed E-state index contributed by atoms with van der Waals surface area (Å²) in [6.07, 6.45) is 4.55.